The zero-order valence-corrected chi connectivity index (χ0v) is 10.2. The van der Waals surface area contributed by atoms with Crippen LogP contribution in [0.1, 0.15) is 18.4 Å². The van der Waals surface area contributed by atoms with E-state index in [1.54, 1.807) is 0 Å². The lowest BCUT2D eigenvalue weighted by atomic mass is 10.2. The Bertz CT molecular complexity index is 325. The number of nitrogens with one attached hydrogen (secondary N) is 1. The van der Waals surface area contributed by atoms with E-state index in [0.717, 1.165) is 36.2 Å². The molecule has 0 heterocycles. The van der Waals surface area contributed by atoms with Crippen molar-refractivity contribution in [2.75, 3.05) is 19.7 Å². The number of hydrogen-bond donors (Lipinski definition) is 1. The average molecular weight is 240 g/mol. The van der Waals surface area contributed by atoms with Gasteiger partial charge in [-0.1, -0.05) is 29.8 Å². The Hall–Kier alpha value is -0.570. The van der Waals surface area contributed by atoms with Crippen molar-refractivity contribution < 1.29 is 4.74 Å². The van der Waals surface area contributed by atoms with E-state index in [1.165, 1.54) is 12.8 Å². The largest absolute Gasteiger partial charge is 0.375 e. The van der Waals surface area contributed by atoms with Crippen molar-refractivity contribution in [1.29, 1.82) is 0 Å². The first-order chi connectivity index (χ1) is 7.86. The van der Waals surface area contributed by atoms with Crippen LogP contribution in [0.2, 0.25) is 5.02 Å². The summed E-state index contributed by atoms with van der Waals surface area (Å²) in [5.74, 6) is 0.934. The Balaban J connectivity index is 1.55. The smallest absolute Gasteiger partial charge is 0.0731 e. The normalized spacial score (nSPS) is 15.3. The predicted molar refractivity (Wildman–Crippen MR) is 66.7 cm³/mol. The molecule has 0 bridgehead atoms. The third-order valence-corrected chi connectivity index (χ3v) is 3.14. The highest BCUT2D eigenvalue weighted by molar-refractivity contribution is 6.31. The van der Waals surface area contributed by atoms with Gasteiger partial charge in [0.2, 0.25) is 0 Å². The molecule has 1 aromatic rings. The van der Waals surface area contributed by atoms with E-state index in [1.807, 2.05) is 24.3 Å². The van der Waals surface area contributed by atoms with E-state index in [2.05, 4.69) is 5.32 Å². The first kappa shape index (κ1) is 11.9. The van der Waals surface area contributed by atoms with Crippen LogP contribution >= 0.6 is 11.6 Å². The topological polar surface area (TPSA) is 21.3 Å². The van der Waals surface area contributed by atoms with E-state index in [-0.39, 0.29) is 0 Å². The molecule has 0 amide bonds. The molecule has 1 aliphatic rings. The van der Waals surface area contributed by atoms with Gasteiger partial charge in [-0.3, -0.25) is 0 Å². The fourth-order valence-electron chi connectivity index (χ4n) is 1.57. The number of halogens is 1. The third-order valence-electron chi connectivity index (χ3n) is 2.77. The number of rotatable bonds is 7. The molecule has 0 saturated heterocycles. The van der Waals surface area contributed by atoms with Crippen LogP contribution in [0.25, 0.3) is 0 Å². The summed E-state index contributed by atoms with van der Waals surface area (Å²) in [7, 11) is 0. The Morgan fingerprint density at radius 1 is 1.31 bits per heavy atom. The van der Waals surface area contributed by atoms with E-state index in [4.69, 9.17) is 16.3 Å². The van der Waals surface area contributed by atoms with Crippen molar-refractivity contribution in [3.05, 3.63) is 34.9 Å². The summed E-state index contributed by atoms with van der Waals surface area (Å²) < 4.78 is 5.56. The highest BCUT2D eigenvalue weighted by Crippen LogP contribution is 2.27. The van der Waals surface area contributed by atoms with Gasteiger partial charge in [0.05, 0.1) is 13.2 Å². The average Bonchev–Trinajstić information content (AvgIpc) is 3.09. The van der Waals surface area contributed by atoms with Crippen LogP contribution in [-0.4, -0.2) is 19.7 Å². The lowest BCUT2D eigenvalue weighted by molar-refractivity contribution is 0.122. The molecule has 88 valence electrons. The standard InChI is InChI=1S/C13H18ClNO/c14-13-4-2-1-3-12(13)10-16-8-7-15-9-11-5-6-11/h1-4,11,15H,5-10H2. The van der Waals surface area contributed by atoms with Crippen LogP contribution in [0, 0.1) is 5.92 Å². The zero-order chi connectivity index (χ0) is 11.2. The summed E-state index contributed by atoms with van der Waals surface area (Å²) in [6.45, 7) is 3.43. The summed E-state index contributed by atoms with van der Waals surface area (Å²) in [6, 6.07) is 7.81. The van der Waals surface area contributed by atoms with E-state index in [0.29, 0.717) is 6.61 Å². The van der Waals surface area contributed by atoms with Gasteiger partial charge >= 0.3 is 0 Å². The molecule has 16 heavy (non-hydrogen) atoms. The Kier molecular flexibility index (Phi) is 4.64. The fourth-order valence-corrected chi connectivity index (χ4v) is 1.76. The molecule has 0 atom stereocenters. The lowest BCUT2D eigenvalue weighted by Crippen LogP contribution is -2.21. The molecular weight excluding hydrogens is 222 g/mol. The molecule has 0 aromatic heterocycles. The van der Waals surface area contributed by atoms with Gasteiger partial charge in [-0.15, -0.1) is 0 Å². The van der Waals surface area contributed by atoms with Gasteiger partial charge in [0.1, 0.15) is 0 Å². The molecule has 3 heteroatoms. The van der Waals surface area contributed by atoms with E-state index < -0.39 is 0 Å². The van der Waals surface area contributed by atoms with Gasteiger partial charge in [-0.2, -0.15) is 0 Å². The van der Waals surface area contributed by atoms with Crippen molar-refractivity contribution in [2.24, 2.45) is 5.92 Å². The molecule has 0 radical (unpaired) electrons. The van der Waals surface area contributed by atoms with Gasteiger partial charge < -0.3 is 10.1 Å². The molecule has 0 unspecified atom stereocenters. The van der Waals surface area contributed by atoms with Crippen molar-refractivity contribution in [3.8, 4) is 0 Å². The van der Waals surface area contributed by atoms with Crippen LogP contribution < -0.4 is 5.32 Å². The molecule has 1 fully saturated rings. The Morgan fingerprint density at radius 3 is 2.88 bits per heavy atom. The van der Waals surface area contributed by atoms with Crippen LogP contribution in [-0.2, 0) is 11.3 Å². The van der Waals surface area contributed by atoms with Crippen molar-refractivity contribution in [1.82, 2.24) is 5.32 Å². The summed E-state index contributed by atoms with van der Waals surface area (Å²) in [5, 5.41) is 4.18. The second kappa shape index (κ2) is 6.24. The molecule has 0 spiro atoms. The number of ether oxygens (including phenoxy) is 1. The minimum Gasteiger partial charge on any atom is -0.375 e. The molecular formula is C13H18ClNO. The molecule has 0 aliphatic heterocycles. The van der Waals surface area contributed by atoms with Gasteiger partial charge in [-0.25, -0.2) is 0 Å². The van der Waals surface area contributed by atoms with Crippen molar-refractivity contribution >= 4 is 11.6 Å². The van der Waals surface area contributed by atoms with Crippen LogP contribution in [0.4, 0.5) is 0 Å². The monoisotopic (exact) mass is 239 g/mol. The molecule has 2 nitrogen and oxygen atoms in total. The SMILES string of the molecule is Clc1ccccc1COCCNCC1CC1. The second-order valence-corrected chi connectivity index (χ2v) is 4.70. The first-order valence-corrected chi connectivity index (χ1v) is 6.26. The maximum Gasteiger partial charge on any atom is 0.0731 e. The Labute approximate surface area is 102 Å². The number of hydrogen-bond acceptors (Lipinski definition) is 2. The number of benzene rings is 1. The molecule has 1 aromatic carbocycles. The molecule has 1 aliphatic carbocycles. The minimum atomic E-state index is 0.602. The quantitative estimate of drug-likeness (QED) is 0.739. The van der Waals surface area contributed by atoms with Crippen LogP contribution in [0.15, 0.2) is 24.3 Å². The fraction of sp³-hybridized carbons (Fsp3) is 0.538. The molecule has 1 N–H and O–H groups in total. The predicted octanol–water partition coefficient (Wildman–Crippen LogP) is 2.86. The van der Waals surface area contributed by atoms with Crippen molar-refractivity contribution in [2.45, 2.75) is 19.4 Å². The Morgan fingerprint density at radius 2 is 2.12 bits per heavy atom. The highest BCUT2D eigenvalue weighted by Gasteiger charge is 2.19. The van der Waals surface area contributed by atoms with E-state index in [9.17, 15) is 0 Å². The molecule has 1 saturated carbocycles. The third kappa shape index (κ3) is 4.12. The summed E-state index contributed by atoms with van der Waals surface area (Å²) in [4.78, 5) is 0. The van der Waals surface area contributed by atoms with Crippen molar-refractivity contribution in [3.63, 3.8) is 0 Å². The summed E-state index contributed by atoms with van der Waals surface area (Å²) >= 11 is 6.02. The van der Waals surface area contributed by atoms with Gasteiger partial charge in [0.15, 0.2) is 0 Å². The summed E-state index contributed by atoms with van der Waals surface area (Å²) in [6.07, 6.45) is 2.79. The van der Waals surface area contributed by atoms with Gasteiger partial charge in [-0.05, 0) is 36.9 Å². The maximum absolute atomic E-state index is 6.02. The van der Waals surface area contributed by atoms with Gasteiger partial charge in [0, 0.05) is 11.6 Å². The lowest BCUT2D eigenvalue weighted by Gasteiger charge is -2.06. The van der Waals surface area contributed by atoms with Crippen LogP contribution in [0.5, 0.6) is 0 Å². The highest BCUT2D eigenvalue weighted by atomic mass is 35.5. The van der Waals surface area contributed by atoms with Crippen LogP contribution in [0.3, 0.4) is 0 Å². The zero-order valence-electron chi connectivity index (χ0n) is 9.42. The maximum atomic E-state index is 6.02. The molecule has 2 rings (SSSR count). The second-order valence-electron chi connectivity index (χ2n) is 4.29. The van der Waals surface area contributed by atoms with Gasteiger partial charge in [0.25, 0.3) is 0 Å². The summed E-state index contributed by atoms with van der Waals surface area (Å²) in [5.41, 5.74) is 1.06. The minimum absolute atomic E-state index is 0.602. The first-order valence-electron chi connectivity index (χ1n) is 5.88. The van der Waals surface area contributed by atoms with E-state index >= 15 is 0 Å².